The monoisotopic (exact) mass is 554 g/mol. The number of aliphatic imine (C=N–C) groups is 1. The van der Waals surface area contributed by atoms with Gasteiger partial charge in [-0.05, 0) is 44.7 Å². The highest BCUT2D eigenvalue weighted by Crippen LogP contribution is 2.24. The fourth-order valence-electron chi connectivity index (χ4n) is 4.38. The van der Waals surface area contributed by atoms with Gasteiger partial charge in [-0.25, -0.2) is 4.99 Å². The summed E-state index contributed by atoms with van der Waals surface area (Å²) < 4.78 is 7.42. The quantitative estimate of drug-likeness (QED) is 0.295. The van der Waals surface area contributed by atoms with Gasteiger partial charge < -0.3 is 20.3 Å². The molecule has 7 nitrogen and oxygen atoms in total. The number of guanidine groups is 1. The van der Waals surface area contributed by atoms with Gasteiger partial charge in [0, 0.05) is 55.7 Å². The molecular formula is C24H39IN6O. The standard InChI is InChI=1S/C24H38N6O.HI/c1-6-22-21(23(7-2)29(4)28-22)16-26-24(25-8-3)27-18-11-10-14-30(17-18)19-12-9-13-20(15-19)31-5;/h9,12-13,15,18H,6-8,10-11,14,16-17H2,1-5H3,(H2,25,26,27);1H. The minimum absolute atomic E-state index is 0. The smallest absolute Gasteiger partial charge is 0.191 e. The van der Waals surface area contributed by atoms with E-state index in [1.165, 1.54) is 16.9 Å². The molecule has 8 heteroatoms. The molecule has 0 bridgehead atoms. The number of aryl methyl sites for hydroxylation is 2. The lowest BCUT2D eigenvalue weighted by Crippen LogP contribution is -2.51. The molecule has 0 aliphatic carbocycles. The van der Waals surface area contributed by atoms with Crippen LogP contribution in [0.3, 0.4) is 0 Å². The number of rotatable bonds is 8. The number of nitrogens with zero attached hydrogens (tertiary/aromatic N) is 4. The number of hydrogen-bond donors (Lipinski definition) is 2. The average Bonchev–Trinajstić information content (AvgIpc) is 3.12. The van der Waals surface area contributed by atoms with Gasteiger partial charge in [0.25, 0.3) is 0 Å². The van der Waals surface area contributed by atoms with Crippen molar-refractivity contribution in [1.29, 1.82) is 0 Å². The molecule has 1 fully saturated rings. The minimum atomic E-state index is 0. The van der Waals surface area contributed by atoms with Gasteiger partial charge in [0.15, 0.2) is 5.96 Å². The second kappa shape index (κ2) is 12.9. The Kier molecular flexibility index (Phi) is 10.6. The molecule has 1 unspecified atom stereocenters. The van der Waals surface area contributed by atoms with Crippen LogP contribution in [-0.2, 0) is 26.4 Å². The number of piperidine rings is 1. The number of halogens is 1. The third-order valence-electron chi connectivity index (χ3n) is 5.95. The molecule has 1 aromatic heterocycles. The molecule has 0 spiro atoms. The van der Waals surface area contributed by atoms with Gasteiger partial charge >= 0.3 is 0 Å². The van der Waals surface area contributed by atoms with Gasteiger partial charge in [-0.3, -0.25) is 4.68 Å². The molecule has 2 heterocycles. The second-order valence-electron chi connectivity index (χ2n) is 8.03. The maximum Gasteiger partial charge on any atom is 0.191 e. The van der Waals surface area contributed by atoms with Crippen LogP contribution in [0.5, 0.6) is 5.75 Å². The molecule has 1 aliphatic heterocycles. The Balaban J connectivity index is 0.00000363. The first-order valence-corrected chi connectivity index (χ1v) is 11.6. The van der Waals surface area contributed by atoms with Crippen LogP contribution in [-0.4, -0.2) is 48.5 Å². The molecule has 32 heavy (non-hydrogen) atoms. The van der Waals surface area contributed by atoms with Gasteiger partial charge in [0.1, 0.15) is 5.75 Å². The first-order valence-electron chi connectivity index (χ1n) is 11.6. The van der Waals surface area contributed by atoms with E-state index in [0.29, 0.717) is 12.6 Å². The van der Waals surface area contributed by atoms with Crippen molar-refractivity contribution in [1.82, 2.24) is 20.4 Å². The van der Waals surface area contributed by atoms with E-state index < -0.39 is 0 Å². The van der Waals surface area contributed by atoms with Crippen LogP contribution in [0.25, 0.3) is 0 Å². The Hall–Kier alpha value is -1.97. The Labute approximate surface area is 210 Å². The highest BCUT2D eigenvalue weighted by atomic mass is 127. The maximum atomic E-state index is 5.40. The molecule has 3 rings (SSSR count). The van der Waals surface area contributed by atoms with Gasteiger partial charge in [-0.1, -0.05) is 19.9 Å². The van der Waals surface area contributed by atoms with Gasteiger partial charge in [-0.15, -0.1) is 24.0 Å². The number of nitrogens with one attached hydrogen (secondary N) is 2. The van der Waals surface area contributed by atoms with E-state index >= 15 is 0 Å². The lowest BCUT2D eigenvalue weighted by Gasteiger charge is -2.35. The summed E-state index contributed by atoms with van der Waals surface area (Å²) in [5.74, 6) is 1.78. The van der Waals surface area contributed by atoms with Crippen molar-refractivity contribution in [2.24, 2.45) is 12.0 Å². The number of aromatic nitrogens is 2. The second-order valence-corrected chi connectivity index (χ2v) is 8.03. The molecule has 1 aliphatic rings. The van der Waals surface area contributed by atoms with E-state index in [0.717, 1.165) is 62.7 Å². The van der Waals surface area contributed by atoms with Crippen LogP contribution in [0.2, 0.25) is 0 Å². The van der Waals surface area contributed by atoms with E-state index in [2.05, 4.69) is 59.6 Å². The predicted molar refractivity (Wildman–Crippen MR) is 144 cm³/mol. The third kappa shape index (κ3) is 6.52. The molecule has 2 N–H and O–H groups in total. The summed E-state index contributed by atoms with van der Waals surface area (Å²) in [6, 6.07) is 8.67. The normalized spacial score (nSPS) is 16.5. The largest absolute Gasteiger partial charge is 0.497 e. The van der Waals surface area contributed by atoms with Gasteiger partial charge in [0.05, 0.1) is 19.3 Å². The summed E-state index contributed by atoms with van der Waals surface area (Å²) in [6.07, 6.45) is 4.19. The van der Waals surface area contributed by atoms with Gasteiger partial charge in [0.2, 0.25) is 0 Å². The van der Waals surface area contributed by atoms with Crippen molar-refractivity contribution in [3.05, 3.63) is 41.2 Å². The van der Waals surface area contributed by atoms with Crippen molar-refractivity contribution in [3.8, 4) is 5.75 Å². The molecule has 1 aromatic carbocycles. The molecular weight excluding hydrogens is 515 g/mol. The fraction of sp³-hybridized carbons (Fsp3) is 0.583. The highest BCUT2D eigenvalue weighted by Gasteiger charge is 2.21. The lowest BCUT2D eigenvalue weighted by atomic mass is 10.0. The van der Waals surface area contributed by atoms with Crippen LogP contribution in [0.4, 0.5) is 5.69 Å². The summed E-state index contributed by atoms with van der Waals surface area (Å²) in [5.41, 5.74) is 4.91. The van der Waals surface area contributed by atoms with Crippen molar-refractivity contribution >= 4 is 35.6 Å². The molecule has 0 radical (unpaired) electrons. The molecule has 178 valence electrons. The topological polar surface area (TPSA) is 66.7 Å². The van der Waals surface area contributed by atoms with Crippen LogP contribution < -0.4 is 20.3 Å². The lowest BCUT2D eigenvalue weighted by molar-refractivity contribution is 0.414. The average molecular weight is 555 g/mol. The first-order chi connectivity index (χ1) is 15.1. The molecule has 0 saturated carbocycles. The molecule has 1 atom stereocenters. The number of hydrogen-bond acceptors (Lipinski definition) is 4. The summed E-state index contributed by atoms with van der Waals surface area (Å²) in [6.45, 7) is 9.96. The zero-order valence-electron chi connectivity index (χ0n) is 20.1. The van der Waals surface area contributed by atoms with Crippen molar-refractivity contribution in [3.63, 3.8) is 0 Å². The SMILES string of the molecule is CCNC(=NCc1c(CC)nn(C)c1CC)NC1CCCN(c2cccc(OC)c2)C1.I. The van der Waals surface area contributed by atoms with Crippen LogP contribution in [0.15, 0.2) is 29.3 Å². The Morgan fingerprint density at radius 2 is 2.06 bits per heavy atom. The number of ether oxygens (including phenoxy) is 1. The minimum Gasteiger partial charge on any atom is -0.497 e. The van der Waals surface area contributed by atoms with Crippen molar-refractivity contribution < 1.29 is 4.74 Å². The Bertz CT molecular complexity index is 881. The van der Waals surface area contributed by atoms with Crippen LogP contribution in [0.1, 0.15) is 50.6 Å². The molecule has 0 amide bonds. The summed E-state index contributed by atoms with van der Waals surface area (Å²) in [5, 5.41) is 11.8. The summed E-state index contributed by atoms with van der Waals surface area (Å²) in [7, 11) is 3.75. The van der Waals surface area contributed by atoms with Crippen molar-refractivity contribution in [2.75, 3.05) is 31.6 Å². The Morgan fingerprint density at radius 3 is 2.75 bits per heavy atom. The van der Waals surface area contributed by atoms with Gasteiger partial charge in [-0.2, -0.15) is 5.10 Å². The van der Waals surface area contributed by atoms with E-state index in [9.17, 15) is 0 Å². The van der Waals surface area contributed by atoms with Crippen LogP contribution in [0, 0.1) is 0 Å². The maximum absolute atomic E-state index is 5.40. The number of benzene rings is 1. The third-order valence-corrected chi connectivity index (χ3v) is 5.95. The van der Waals surface area contributed by atoms with Crippen molar-refractivity contribution in [2.45, 2.75) is 59.0 Å². The first kappa shape index (κ1) is 26.3. The highest BCUT2D eigenvalue weighted by molar-refractivity contribution is 14.0. The van der Waals surface area contributed by atoms with E-state index in [-0.39, 0.29) is 24.0 Å². The number of methoxy groups -OCH3 is 1. The van der Waals surface area contributed by atoms with E-state index in [1.54, 1.807) is 7.11 Å². The summed E-state index contributed by atoms with van der Waals surface area (Å²) in [4.78, 5) is 7.37. The van der Waals surface area contributed by atoms with E-state index in [4.69, 9.17) is 9.73 Å². The fourth-order valence-corrected chi connectivity index (χ4v) is 4.38. The molecule has 1 saturated heterocycles. The zero-order chi connectivity index (χ0) is 22.2. The van der Waals surface area contributed by atoms with E-state index in [1.807, 2.05) is 17.8 Å². The molecule has 2 aromatic rings. The number of anilines is 1. The predicted octanol–water partition coefficient (Wildman–Crippen LogP) is 3.90. The zero-order valence-corrected chi connectivity index (χ0v) is 22.5. The summed E-state index contributed by atoms with van der Waals surface area (Å²) >= 11 is 0. The van der Waals surface area contributed by atoms with Crippen LogP contribution >= 0.6 is 24.0 Å². The Morgan fingerprint density at radius 1 is 1.25 bits per heavy atom.